The van der Waals surface area contributed by atoms with Gasteiger partial charge >= 0.3 is 0 Å². The second-order valence-corrected chi connectivity index (χ2v) is 7.45. The Morgan fingerprint density at radius 3 is 2.26 bits per heavy atom. The second-order valence-electron chi connectivity index (χ2n) is 7.45. The van der Waals surface area contributed by atoms with Crippen molar-refractivity contribution in [3.8, 4) is 0 Å². The van der Waals surface area contributed by atoms with Gasteiger partial charge in [-0.3, -0.25) is 14.4 Å². The lowest BCUT2D eigenvalue weighted by Gasteiger charge is -2.19. The quantitative estimate of drug-likeness (QED) is 0.614. The normalized spacial score (nSPS) is 10.3. The van der Waals surface area contributed by atoms with Crippen LogP contribution in [0.5, 0.6) is 0 Å². The lowest BCUT2D eigenvalue weighted by molar-refractivity contribution is -0.128. The Bertz CT molecular complexity index is 907. The Balaban J connectivity index is 1.91. The third-order valence-electron chi connectivity index (χ3n) is 4.95. The minimum absolute atomic E-state index is 0.0253. The molecule has 0 fully saturated rings. The third kappa shape index (κ3) is 7.44. The predicted octanol–water partition coefficient (Wildman–Crippen LogP) is 3.24. The van der Waals surface area contributed by atoms with Crippen LogP contribution in [-0.2, 0) is 16.0 Å². The van der Waals surface area contributed by atoms with Crippen molar-refractivity contribution in [2.24, 2.45) is 0 Å². The molecular formula is C24H32N4O3. The SMILES string of the molecule is CCN(CC)C(=O)c1cccc(NCC(=O)Nc2cccc(CCC(=O)N(C)C)c2)c1. The first-order chi connectivity index (χ1) is 14.8. The van der Waals surface area contributed by atoms with Crippen LogP contribution in [0.3, 0.4) is 0 Å². The van der Waals surface area contributed by atoms with Crippen molar-refractivity contribution in [2.75, 3.05) is 44.4 Å². The molecule has 0 aliphatic carbocycles. The van der Waals surface area contributed by atoms with Gasteiger partial charge in [0.2, 0.25) is 11.8 Å². The molecule has 0 saturated carbocycles. The van der Waals surface area contributed by atoms with E-state index in [2.05, 4.69) is 10.6 Å². The molecule has 31 heavy (non-hydrogen) atoms. The first kappa shape index (κ1) is 23.9. The number of carbonyl (C=O) groups is 3. The summed E-state index contributed by atoms with van der Waals surface area (Å²) in [5.41, 5.74) is 2.98. The monoisotopic (exact) mass is 424 g/mol. The first-order valence-electron chi connectivity index (χ1n) is 10.6. The molecule has 2 aromatic rings. The lowest BCUT2D eigenvalue weighted by Crippen LogP contribution is -2.30. The average Bonchev–Trinajstić information content (AvgIpc) is 2.77. The Hall–Kier alpha value is -3.35. The van der Waals surface area contributed by atoms with Crippen LogP contribution in [0, 0.1) is 0 Å². The maximum atomic E-state index is 12.5. The van der Waals surface area contributed by atoms with E-state index in [4.69, 9.17) is 0 Å². The summed E-state index contributed by atoms with van der Waals surface area (Å²) in [6.45, 7) is 5.27. The molecular weight excluding hydrogens is 392 g/mol. The molecule has 166 valence electrons. The van der Waals surface area contributed by atoms with E-state index in [0.29, 0.717) is 42.9 Å². The van der Waals surface area contributed by atoms with Gasteiger partial charge in [0.25, 0.3) is 5.91 Å². The highest BCUT2D eigenvalue weighted by molar-refractivity contribution is 5.96. The molecule has 2 N–H and O–H groups in total. The van der Waals surface area contributed by atoms with Gasteiger partial charge in [-0.15, -0.1) is 0 Å². The molecule has 2 aromatic carbocycles. The second kappa shape index (κ2) is 11.7. The molecule has 0 heterocycles. The lowest BCUT2D eigenvalue weighted by atomic mass is 10.1. The van der Waals surface area contributed by atoms with E-state index < -0.39 is 0 Å². The molecule has 0 saturated heterocycles. The number of hydrogen-bond acceptors (Lipinski definition) is 4. The number of carbonyl (C=O) groups excluding carboxylic acids is 3. The summed E-state index contributed by atoms with van der Waals surface area (Å²) in [6.07, 6.45) is 1.04. The number of hydrogen-bond donors (Lipinski definition) is 2. The summed E-state index contributed by atoms with van der Waals surface area (Å²) in [4.78, 5) is 39.9. The van der Waals surface area contributed by atoms with Crippen LogP contribution in [0.25, 0.3) is 0 Å². The van der Waals surface area contributed by atoms with E-state index in [1.165, 1.54) is 0 Å². The zero-order chi connectivity index (χ0) is 22.8. The minimum Gasteiger partial charge on any atom is -0.376 e. The van der Waals surface area contributed by atoms with E-state index in [9.17, 15) is 14.4 Å². The van der Waals surface area contributed by atoms with Crippen LogP contribution in [0.1, 0.15) is 36.2 Å². The van der Waals surface area contributed by atoms with E-state index in [0.717, 1.165) is 5.56 Å². The Morgan fingerprint density at radius 2 is 1.58 bits per heavy atom. The fraction of sp³-hybridized carbons (Fsp3) is 0.375. The zero-order valence-electron chi connectivity index (χ0n) is 18.8. The van der Waals surface area contributed by atoms with Crippen molar-refractivity contribution in [3.63, 3.8) is 0 Å². The summed E-state index contributed by atoms with van der Waals surface area (Å²) < 4.78 is 0. The largest absolute Gasteiger partial charge is 0.376 e. The van der Waals surface area contributed by atoms with Crippen molar-refractivity contribution < 1.29 is 14.4 Å². The van der Waals surface area contributed by atoms with Crippen LogP contribution in [0.15, 0.2) is 48.5 Å². The summed E-state index contributed by atoms with van der Waals surface area (Å²) >= 11 is 0. The van der Waals surface area contributed by atoms with Crippen LogP contribution in [0.2, 0.25) is 0 Å². The fourth-order valence-corrected chi connectivity index (χ4v) is 3.12. The molecule has 3 amide bonds. The Kier molecular flexibility index (Phi) is 9.06. The van der Waals surface area contributed by atoms with Gasteiger partial charge in [0.05, 0.1) is 6.54 Å². The fourth-order valence-electron chi connectivity index (χ4n) is 3.12. The molecule has 0 atom stereocenters. The molecule has 7 nitrogen and oxygen atoms in total. The van der Waals surface area contributed by atoms with Gasteiger partial charge in [0, 0.05) is 50.5 Å². The number of anilines is 2. The molecule has 0 unspecified atom stereocenters. The summed E-state index contributed by atoms with van der Waals surface area (Å²) in [6, 6.07) is 14.7. The van der Waals surface area contributed by atoms with Gasteiger partial charge in [-0.1, -0.05) is 18.2 Å². The van der Waals surface area contributed by atoms with Crippen molar-refractivity contribution in [3.05, 3.63) is 59.7 Å². The highest BCUT2D eigenvalue weighted by atomic mass is 16.2. The van der Waals surface area contributed by atoms with E-state index in [-0.39, 0.29) is 24.3 Å². The standard InChI is InChI=1S/C24H32N4O3/c1-5-28(6-2)24(31)19-10-8-11-20(16-19)25-17-22(29)26-21-12-7-9-18(15-21)13-14-23(30)27(3)4/h7-12,15-16,25H,5-6,13-14,17H2,1-4H3,(H,26,29). The zero-order valence-corrected chi connectivity index (χ0v) is 18.8. The van der Waals surface area contributed by atoms with Crippen LogP contribution >= 0.6 is 0 Å². The Labute approximate surface area is 184 Å². The molecule has 0 radical (unpaired) electrons. The number of benzene rings is 2. The van der Waals surface area contributed by atoms with E-state index >= 15 is 0 Å². The highest BCUT2D eigenvalue weighted by Crippen LogP contribution is 2.15. The third-order valence-corrected chi connectivity index (χ3v) is 4.95. The van der Waals surface area contributed by atoms with E-state index in [1.54, 1.807) is 42.1 Å². The van der Waals surface area contributed by atoms with Crippen molar-refractivity contribution in [1.82, 2.24) is 9.80 Å². The number of nitrogens with one attached hydrogen (secondary N) is 2. The van der Waals surface area contributed by atoms with Gasteiger partial charge < -0.3 is 20.4 Å². The summed E-state index contributed by atoms with van der Waals surface area (Å²) in [5, 5.41) is 5.93. The Morgan fingerprint density at radius 1 is 0.903 bits per heavy atom. The van der Waals surface area contributed by atoms with Crippen LogP contribution in [0.4, 0.5) is 11.4 Å². The van der Waals surface area contributed by atoms with Crippen molar-refractivity contribution >= 4 is 29.1 Å². The highest BCUT2D eigenvalue weighted by Gasteiger charge is 2.13. The summed E-state index contributed by atoms with van der Waals surface area (Å²) in [7, 11) is 3.47. The topological polar surface area (TPSA) is 81.8 Å². The number of rotatable bonds is 10. The minimum atomic E-state index is -0.193. The summed E-state index contributed by atoms with van der Waals surface area (Å²) in [5.74, 6) is -0.148. The van der Waals surface area contributed by atoms with Crippen molar-refractivity contribution in [2.45, 2.75) is 26.7 Å². The van der Waals surface area contributed by atoms with Crippen LogP contribution < -0.4 is 10.6 Å². The number of nitrogens with zero attached hydrogens (tertiary/aromatic N) is 2. The molecule has 0 aliphatic heterocycles. The molecule has 2 rings (SSSR count). The molecule has 7 heteroatoms. The molecule has 0 spiro atoms. The molecule has 0 aliphatic rings. The number of aryl methyl sites for hydroxylation is 1. The predicted molar refractivity (Wildman–Crippen MR) is 124 cm³/mol. The number of amides is 3. The average molecular weight is 425 g/mol. The molecule has 0 bridgehead atoms. The maximum absolute atomic E-state index is 12.5. The van der Waals surface area contributed by atoms with Gasteiger partial charge in [0.15, 0.2) is 0 Å². The van der Waals surface area contributed by atoms with Gasteiger partial charge in [-0.25, -0.2) is 0 Å². The van der Waals surface area contributed by atoms with Gasteiger partial charge in [0.1, 0.15) is 0 Å². The first-order valence-corrected chi connectivity index (χ1v) is 10.6. The van der Waals surface area contributed by atoms with Gasteiger partial charge in [-0.2, -0.15) is 0 Å². The van der Waals surface area contributed by atoms with Crippen molar-refractivity contribution in [1.29, 1.82) is 0 Å². The smallest absolute Gasteiger partial charge is 0.253 e. The van der Waals surface area contributed by atoms with Crippen LogP contribution in [-0.4, -0.2) is 61.3 Å². The van der Waals surface area contributed by atoms with Gasteiger partial charge in [-0.05, 0) is 56.2 Å². The van der Waals surface area contributed by atoms with E-state index in [1.807, 2.05) is 44.2 Å². The molecule has 0 aromatic heterocycles. The maximum Gasteiger partial charge on any atom is 0.253 e.